The lowest BCUT2D eigenvalue weighted by molar-refractivity contribution is -0.384. The van der Waals surface area contributed by atoms with Crippen LogP contribution in [0.5, 0.6) is 0 Å². The zero-order valence-corrected chi connectivity index (χ0v) is 12.2. The Morgan fingerprint density at radius 3 is 2.52 bits per heavy atom. The van der Waals surface area contributed by atoms with Crippen LogP contribution in [-0.2, 0) is 14.8 Å². The van der Waals surface area contributed by atoms with E-state index in [2.05, 4.69) is 4.72 Å². The van der Waals surface area contributed by atoms with Crippen LogP contribution in [0.2, 0.25) is 0 Å². The fourth-order valence-electron chi connectivity index (χ4n) is 2.18. The van der Waals surface area contributed by atoms with E-state index in [9.17, 15) is 18.5 Å². The third-order valence-electron chi connectivity index (χ3n) is 3.40. The lowest BCUT2D eigenvalue weighted by Crippen LogP contribution is -2.64. The van der Waals surface area contributed by atoms with Gasteiger partial charge in [-0.05, 0) is 25.5 Å². The maximum Gasteiger partial charge on any atom is 0.269 e. The monoisotopic (exact) mass is 315 g/mol. The van der Waals surface area contributed by atoms with Gasteiger partial charge in [-0.25, -0.2) is 13.1 Å². The summed E-state index contributed by atoms with van der Waals surface area (Å²) in [5, 5.41) is 10.6. The summed E-state index contributed by atoms with van der Waals surface area (Å²) in [5.74, 6) is 0. The van der Waals surface area contributed by atoms with Crippen molar-refractivity contribution < 1.29 is 18.1 Å². The van der Waals surface area contributed by atoms with Crippen molar-refractivity contribution in [2.75, 3.05) is 6.61 Å². The minimum atomic E-state index is -3.78. The van der Waals surface area contributed by atoms with Crippen molar-refractivity contribution >= 4 is 15.7 Å². The quantitative estimate of drug-likeness (QED) is 0.577. The number of nitro groups is 1. The molecule has 0 saturated heterocycles. The number of nitrogens with zero attached hydrogens (tertiary/aromatic N) is 1. The van der Waals surface area contributed by atoms with Gasteiger partial charge in [0.15, 0.2) is 0 Å². The Labute approximate surface area is 122 Å². The molecule has 1 aromatic rings. The van der Waals surface area contributed by atoms with Crippen molar-refractivity contribution in [2.45, 2.75) is 36.4 Å². The van der Waals surface area contributed by atoms with Crippen LogP contribution in [-0.4, -0.2) is 38.1 Å². The van der Waals surface area contributed by atoms with Crippen molar-refractivity contribution in [2.24, 2.45) is 5.73 Å². The molecule has 3 N–H and O–H groups in total. The molecule has 21 heavy (non-hydrogen) atoms. The number of rotatable bonds is 6. The van der Waals surface area contributed by atoms with Crippen molar-refractivity contribution in [1.82, 2.24) is 4.72 Å². The minimum absolute atomic E-state index is 0.0394. The smallest absolute Gasteiger partial charge is 0.269 e. The first-order chi connectivity index (χ1) is 9.85. The van der Waals surface area contributed by atoms with E-state index in [1.165, 1.54) is 12.1 Å². The summed E-state index contributed by atoms with van der Waals surface area (Å²) in [4.78, 5) is 9.93. The van der Waals surface area contributed by atoms with Crippen molar-refractivity contribution in [1.29, 1.82) is 0 Å². The van der Waals surface area contributed by atoms with Crippen molar-refractivity contribution in [3.8, 4) is 0 Å². The van der Waals surface area contributed by atoms with Gasteiger partial charge in [0.2, 0.25) is 10.0 Å². The molecule has 8 nitrogen and oxygen atoms in total. The number of sulfonamides is 1. The molecular weight excluding hydrogens is 298 g/mol. The van der Waals surface area contributed by atoms with Crippen molar-refractivity contribution in [3.05, 3.63) is 34.4 Å². The molecule has 1 fully saturated rings. The average Bonchev–Trinajstić information content (AvgIpc) is 2.45. The van der Waals surface area contributed by atoms with Gasteiger partial charge in [-0.3, -0.25) is 10.1 Å². The summed E-state index contributed by atoms with van der Waals surface area (Å²) in [7, 11) is -3.78. The predicted molar refractivity (Wildman–Crippen MR) is 75.2 cm³/mol. The SMILES string of the molecule is CCOC1CC(N)C1NS(=O)(=O)c1ccc([N+](=O)[O-])cc1. The molecule has 1 saturated carbocycles. The molecule has 0 bridgehead atoms. The summed E-state index contributed by atoms with van der Waals surface area (Å²) in [5.41, 5.74) is 5.63. The molecule has 3 unspecified atom stereocenters. The third-order valence-corrected chi connectivity index (χ3v) is 4.87. The molecular formula is C12H17N3O5S. The summed E-state index contributed by atoms with van der Waals surface area (Å²) in [6, 6.07) is 3.91. The van der Waals surface area contributed by atoms with Crippen LogP contribution in [0.4, 0.5) is 5.69 Å². The number of nitrogens with two attached hydrogens (primary N) is 1. The van der Waals surface area contributed by atoms with E-state index < -0.39 is 21.0 Å². The molecule has 3 atom stereocenters. The fraction of sp³-hybridized carbons (Fsp3) is 0.500. The van der Waals surface area contributed by atoms with E-state index >= 15 is 0 Å². The van der Waals surface area contributed by atoms with Crippen LogP contribution in [0.25, 0.3) is 0 Å². The maximum atomic E-state index is 12.2. The number of hydrogen-bond acceptors (Lipinski definition) is 6. The van der Waals surface area contributed by atoms with Crippen molar-refractivity contribution in [3.63, 3.8) is 0 Å². The molecule has 0 spiro atoms. The highest BCUT2D eigenvalue weighted by molar-refractivity contribution is 7.89. The van der Waals surface area contributed by atoms with Gasteiger partial charge in [-0.2, -0.15) is 0 Å². The Morgan fingerprint density at radius 2 is 2.05 bits per heavy atom. The number of nitrogens with one attached hydrogen (secondary N) is 1. The first-order valence-corrected chi connectivity index (χ1v) is 7.97. The van der Waals surface area contributed by atoms with E-state index in [1.807, 2.05) is 6.92 Å². The van der Waals surface area contributed by atoms with Gasteiger partial charge in [0.05, 0.1) is 22.0 Å². The summed E-state index contributed by atoms with van der Waals surface area (Å²) < 4.78 is 32.3. The van der Waals surface area contributed by atoms with Crippen LogP contribution < -0.4 is 10.5 Å². The van der Waals surface area contributed by atoms with Crippen LogP contribution in [0.15, 0.2) is 29.2 Å². The second kappa shape index (κ2) is 6.06. The van der Waals surface area contributed by atoms with Gasteiger partial charge in [0.25, 0.3) is 5.69 Å². The van der Waals surface area contributed by atoms with E-state index in [1.54, 1.807) is 0 Å². The molecule has 1 aliphatic carbocycles. The summed E-state index contributed by atoms with van der Waals surface area (Å²) in [6.45, 7) is 2.30. The van der Waals surface area contributed by atoms with Crippen LogP contribution in [0, 0.1) is 10.1 Å². The molecule has 2 rings (SSSR count). The van der Waals surface area contributed by atoms with Crippen LogP contribution in [0.3, 0.4) is 0 Å². The third kappa shape index (κ3) is 3.38. The second-order valence-electron chi connectivity index (χ2n) is 4.79. The van der Waals surface area contributed by atoms with E-state index in [0.29, 0.717) is 13.0 Å². The second-order valence-corrected chi connectivity index (χ2v) is 6.51. The number of hydrogen-bond donors (Lipinski definition) is 2. The van der Waals surface area contributed by atoms with Gasteiger partial charge >= 0.3 is 0 Å². The zero-order valence-electron chi connectivity index (χ0n) is 11.4. The number of ether oxygens (including phenoxy) is 1. The normalized spacial score (nSPS) is 25.3. The average molecular weight is 315 g/mol. The molecule has 1 aromatic carbocycles. The standard InChI is InChI=1S/C12H17N3O5S/c1-2-20-11-7-10(13)12(11)14-21(18,19)9-5-3-8(4-6-9)15(16)17/h3-6,10-12,14H,2,7,13H2,1H3. The molecule has 9 heteroatoms. The van der Waals surface area contributed by atoms with E-state index in [4.69, 9.17) is 10.5 Å². The van der Waals surface area contributed by atoms with E-state index in [-0.39, 0.29) is 22.7 Å². The highest BCUT2D eigenvalue weighted by atomic mass is 32.2. The number of nitro benzene ring substituents is 1. The van der Waals surface area contributed by atoms with Gasteiger partial charge in [-0.15, -0.1) is 0 Å². The molecule has 0 aromatic heterocycles. The fourth-order valence-corrected chi connectivity index (χ4v) is 3.50. The van der Waals surface area contributed by atoms with Gasteiger partial charge in [0, 0.05) is 24.8 Å². The largest absolute Gasteiger partial charge is 0.377 e. The lowest BCUT2D eigenvalue weighted by Gasteiger charge is -2.42. The Hall–Kier alpha value is -1.55. The molecule has 1 aliphatic rings. The highest BCUT2D eigenvalue weighted by Crippen LogP contribution is 2.25. The highest BCUT2D eigenvalue weighted by Gasteiger charge is 2.42. The Balaban J connectivity index is 2.12. The summed E-state index contributed by atoms with van der Waals surface area (Å²) >= 11 is 0. The summed E-state index contributed by atoms with van der Waals surface area (Å²) in [6.07, 6.45) is 0.360. The maximum absolute atomic E-state index is 12.2. The number of benzene rings is 1. The van der Waals surface area contributed by atoms with Crippen LogP contribution >= 0.6 is 0 Å². The van der Waals surface area contributed by atoms with E-state index in [0.717, 1.165) is 12.1 Å². The lowest BCUT2D eigenvalue weighted by atomic mass is 9.84. The molecule has 0 heterocycles. The Bertz CT molecular complexity index is 614. The zero-order chi connectivity index (χ0) is 15.6. The Kier molecular flexibility index (Phi) is 4.57. The predicted octanol–water partition coefficient (Wildman–Crippen LogP) is 0.378. The topological polar surface area (TPSA) is 125 Å². The van der Waals surface area contributed by atoms with Gasteiger partial charge in [-0.1, -0.05) is 0 Å². The minimum Gasteiger partial charge on any atom is -0.377 e. The molecule has 0 amide bonds. The van der Waals surface area contributed by atoms with Gasteiger partial charge in [0.1, 0.15) is 0 Å². The Morgan fingerprint density at radius 1 is 1.43 bits per heavy atom. The van der Waals surface area contributed by atoms with Crippen LogP contribution in [0.1, 0.15) is 13.3 Å². The van der Waals surface area contributed by atoms with Gasteiger partial charge < -0.3 is 10.5 Å². The molecule has 0 aliphatic heterocycles. The first kappa shape index (κ1) is 15.8. The first-order valence-electron chi connectivity index (χ1n) is 6.49. The molecule has 116 valence electrons. The number of non-ortho nitro benzene ring substituents is 1. The molecule has 0 radical (unpaired) electrons.